The van der Waals surface area contributed by atoms with E-state index in [4.69, 9.17) is 4.74 Å². The van der Waals surface area contributed by atoms with Gasteiger partial charge >= 0.3 is 0 Å². The minimum Gasteiger partial charge on any atom is -0.497 e. The Morgan fingerprint density at radius 2 is 1.81 bits per heavy atom. The van der Waals surface area contributed by atoms with E-state index < -0.39 is 6.10 Å². The SMILES string of the molecule is COc1ccc([C@@H](O)CNC/C=C/c2ccccc2)cc1. The largest absolute Gasteiger partial charge is 0.497 e. The fourth-order valence-corrected chi connectivity index (χ4v) is 2.01. The zero-order valence-electron chi connectivity index (χ0n) is 12.2. The maximum atomic E-state index is 10.1. The van der Waals surface area contributed by atoms with Gasteiger partial charge in [0, 0.05) is 13.1 Å². The monoisotopic (exact) mass is 283 g/mol. The van der Waals surface area contributed by atoms with Crippen LogP contribution in [0.4, 0.5) is 0 Å². The lowest BCUT2D eigenvalue weighted by atomic mass is 10.1. The van der Waals surface area contributed by atoms with Gasteiger partial charge in [-0.15, -0.1) is 0 Å². The molecule has 0 saturated heterocycles. The first kappa shape index (κ1) is 15.3. The molecule has 2 N–H and O–H groups in total. The number of methoxy groups -OCH3 is 1. The first-order valence-electron chi connectivity index (χ1n) is 7.04. The molecule has 0 bridgehead atoms. The molecule has 0 fully saturated rings. The van der Waals surface area contributed by atoms with Crippen LogP contribution in [0.1, 0.15) is 17.2 Å². The van der Waals surface area contributed by atoms with Gasteiger partial charge in [0.2, 0.25) is 0 Å². The van der Waals surface area contributed by atoms with E-state index in [1.165, 1.54) is 5.56 Å². The van der Waals surface area contributed by atoms with Gasteiger partial charge in [0.15, 0.2) is 0 Å². The van der Waals surface area contributed by atoms with Crippen molar-refractivity contribution in [2.75, 3.05) is 20.2 Å². The third-order valence-corrected chi connectivity index (χ3v) is 3.21. The molecule has 21 heavy (non-hydrogen) atoms. The molecule has 110 valence electrons. The number of aliphatic hydroxyl groups is 1. The highest BCUT2D eigenvalue weighted by molar-refractivity contribution is 5.48. The molecule has 0 aliphatic rings. The average molecular weight is 283 g/mol. The van der Waals surface area contributed by atoms with Gasteiger partial charge in [-0.05, 0) is 23.3 Å². The van der Waals surface area contributed by atoms with E-state index in [1.54, 1.807) is 7.11 Å². The van der Waals surface area contributed by atoms with Crippen LogP contribution in [-0.4, -0.2) is 25.3 Å². The normalized spacial score (nSPS) is 12.5. The number of ether oxygens (including phenoxy) is 1. The molecule has 3 heteroatoms. The number of aliphatic hydroxyl groups excluding tert-OH is 1. The zero-order valence-corrected chi connectivity index (χ0v) is 12.2. The van der Waals surface area contributed by atoms with Gasteiger partial charge in [-0.1, -0.05) is 54.6 Å². The Morgan fingerprint density at radius 3 is 2.48 bits per heavy atom. The number of rotatable bonds is 7. The maximum Gasteiger partial charge on any atom is 0.118 e. The summed E-state index contributed by atoms with van der Waals surface area (Å²) in [7, 11) is 1.63. The van der Waals surface area contributed by atoms with Gasteiger partial charge in [0.05, 0.1) is 13.2 Å². The summed E-state index contributed by atoms with van der Waals surface area (Å²) >= 11 is 0. The van der Waals surface area contributed by atoms with Crippen LogP contribution in [0.15, 0.2) is 60.7 Å². The lowest BCUT2D eigenvalue weighted by Gasteiger charge is -2.11. The highest BCUT2D eigenvalue weighted by Gasteiger charge is 2.06. The topological polar surface area (TPSA) is 41.5 Å². The van der Waals surface area contributed by atoms with Crippen molar-refractivity contribution in [1.82, 2.24) is 5.32 Å². The van der Waals surface area contributed by atoms with Crippen LogP contribution in [0.25, 0.3) is 6.08 Å². The van der Waals surface area contributed by atoms with Crippen LogP contribution in [0.3, 0.4) is 0 Å². The summed E-state index contributed by atoms with van der Waals surface area (Å²) < 4.78 is 5.10. The van der Waals surface area contributed by atoms with Crippen molar-refractivity contribution < 1.29 is 9.84 Å². The molecule has 2 aromatic rings. The van der Waals surface area contributed by atoms with Gasteiger partial charge in [0.25, 0.3) is 0 Å². The molecular weight excluding hydrogens is 262 g/mol. The summed E-state index contributed by atoms with van der Waals surface area (Å²) in [5.41, 5.74) is 2.06. The van der Waals surface area contributed by atoms with E-state index in [0.717, 1.165) is 17.9 Å². The molecule has 0 amide bonds. The Labute approximate surface area is 125 Å². The number of hydrogen-bond acceptors (Lipinski definition) is 3. The molecule has 1 atom stereocenters. The Morgan fingerprint density at radius 1 is 1.10 bits per heavy atom. The molecule has 0 aromatic heterocycles. The second-order valence-electron chi connectivity index (χ2n) is 4.76. The standard InChI is InChI=1S/C18H21NO2/c1-21-17-11-9-16(10-12-17)18(20)14-19-13-5-8-15-6-3-2-4-7-15/h2-12,18-20H,13-14H2,1H3/b8-5+/t18-/m0/s1. The molecule has 0 saturated carbocycles. The van der Waals surface area contributed by atoms with Crippen molar-refractivity contribution in [3.05, 3.63) is 71.8 Å². The molecule has 0 aliphatic carbocycles. The summed E-state index contributed by atoms with van der Waals surface area (Å²) in [6, 6.07) is 17.6. The maximum absolute atomic E-state index is 10.1. The van der Waals surface area contributed by atoms with Crippen molar-refractivity contribution >= 4 is 6.08 Å². The fraction of sp³-hybridized carbons (Fsp3) is 0.222. The summed E-state index contributed by atoms with van der Waals surface area (Å²) in [6.07, 6.45) is 3.60. The van der Waals surface area contributed by atoms with Crippen LogP contribution < -0.4 is 10.1 Å². The lowest BCUT2D eigenvalue weighted by Crippen LogP contribution is -2.21. The summed E-state index contributed by atoms with van der Waals surface area (Å²) in [4.78, 5) is 0. The third kappa shape index (κ3) is 5.06. The van der Waals surface area contributed by atoms with Gasteiger partial charge in [0.1, 0.15) is 5.75 Å². The number of nitrogens with one attached hydrogen (secondary N) is 1. The highest BCUT2D eigenvalue weighted by Crippen LogP contribution is 2.16. The van der Waals surface area contributed by atoms with E-state index in [2.05, 4.69) is 29.6 Å². The van der Waals surface area contributed by atoms with E-state index in [0.29, 0.717) is 6.54 Å². The first-order chi connectivity index (χ1) is 10.3. The average Bonchev–Trinajstić information content (AvgIpc) is 2.55. The Bertz CT molecular complexity index is 549. The van der Waals surface area contributed by atoms with Gasteiger partial charge in [-0.3, -0.25) is 0 Å². The zero-order chi connectivity index (χ0) is 14.9. The molecule has 0 unspecified atom stereocenters. The molecule has 2 rings (SSSR count). The molecule has 0 aliphatic heterocycles. The van der Waals surface area contributed by atoms with Gasteiger partial charge in [-0.2, -0.15) is 0 Å². The quantitative estimate of drug-likeness (QED) is 0.767. The predicted molar refractivity (Wildman–Crippen MR) is 86.3 cm³/mol. The molecule has 2 aromatic carbocycles. The van der Waals surface area contributed by atoms with E-state index >= 15 is 0 Å². The van der Waals surface area contributed by atoms with Crippen molar-refractivity contribution in [2.45, 2.75) is 6.10 Å². The van der Waals surface area contributed by atoms with Crippen molar-refractivity contribution in [3.8, 4) is 5.75 Å². The molecule has 0 heterocycles. The van der Waals surface area contributed by atoms with Crippen LogP contribution >= 0.6 is 0 Å². The van der Waals surface area contributed by atoms with Crippen LogP contribution in [0, 0.1) is 0 Å². The van der Waals surface area contributed by atoms with E-state index in [9.17, 15) is 5.11 Å². The second kappa shape index (κ2) is 8.25. The van der Waals surface area contributed by atoms with Crippen molar-refractivity contribution in [2.24, 2.45) is 0 Å². The molecular formula is C18H21NO2. The summed E-state index contributed by atoms with van der Waals surface area (Å²) in [5, 5.41) is 13.3. The molecule has 3 nitrogen and oxygen atoms in total. The van der Waals surface area contributed by atoms with Crippen LogP contribution in [-0.2, 0) is 0 Å². The molecule has 0 spiro atoms. The number of benzene rings is 2. The summed E-state index contributed by atoms with van der Waals surface area (Å²) in [5.74, 6) is 0.796. The minimum atomic E-state index is -0.513. The van der Waals surface area contributed by atoms with Crippen LogP contribution in [0.2, 0.25) is 0 Å². The Kier molecular flexibility index (Phi) is 6.00. The smallest absolute Gasteiger partial charge is 0.118 e. The van der Waals surface area contributed by atoms with Crippen molar-refractivity contribution in [3.63, 3.8) is 0 Å². The van der Waals surface area contributed by atoms with Crippen LogP contribution in [0.5, 0.6) is 5.75 Å². The number of hydrogen-bond donors (Lipinski definition) is 2. The van der Waals surface area contributed by atoms with Gasteiger partial charge < -0.3 is 15.2 Å². The first-order valence-corrected chi connectivity index (χ1v) is 7.04. The van der Waals surface area contributed by atoms with E-state index in [1.807, 2.05) is 42.5 Å². The Hall–Kier alpha value is -2.10. The third-order valence-electron chi connectivity index (χ3n) is 3.21. The van der Waals surface area contributed by atoms with Gasteiger partial charge in [-0.25, -0.2) is 0 Å². The second-order valence-corrected chi connectivity index (χ2v) is 4.76. The molecule has 0 radical (unpaired) electrons. The van der Waals surface area contributed by atoms with Crippen molar-refractivity contribution in [1.29, 1.82) is 0 Å². The Balaban J connectivity index is 1.73. The highest BCUT2D eigenvalue weighted by atomic mass is 16.5. The van der Waals surface area contributed by atoms with E-state index in [-0.39, 0.29) is 0 Å². The lowest BCUT2D eigenvalue weighted by molar-refractivity contribution is 0.176. The predicted octanol–water partition coefficient (Wildman–Crippen LogP) is 3.03. The summed E-state index contributed by atoms with van der Waals surface area (Å²) in [6.45, 7) is 1.24. The minimum absolute atomic E-state index is 0.513. The fourth-order valence-electron chi connectivity index (χ4n) is 2.01.